The number of nitrogens with zero attached hydrogens (tertiary/aromatic N) is 1. The van der Waals surface area contributed by atoms with Gasteiger partial charge in [0.15, 0.2) is 0 Å². The minimum absolute atomic E-state index is 0.216. The number of likely N-dealkylation sites (tertiary alicyclic amines) is 1. The molecule has 5 nitrogen and oxygen atoms in total. The molecule has 0 radical (unpaired) electrons. The van der Waals surface area contributed by atoms with Crippen LogP contribution >= 0.6 is 0 Å². The number of esters is 1. The maximum Gasteiger partial charge on any atom is 0.410 e. The Hall–Kier alpha value is -2.82. The monoisotopic (exact) mass is 353 g/mol. The minimum Gasteiger partial charge on any atom is -0.465 e. The third kappa shape index (κ3) is 3.72. The lowest BCUT2D eigenvalue weighted by atomic mass is 9.79. The van der Waals surface area contributed by atoms with Crippen molar-refractivity contribution in [2.24, 2.45) is 0 Å². The molecule has 1 aliphatic heterocycles. The van der Waals surface area contributed by atoms with Crippen LogP contribution in [0.15, 0.2) is 60.7 Å². The lowest BCUT2D eigenvalue weighted by Gasteiger charge is -2.27. The van der Waals surface area contributed by atoms with Crippen LogP contribution in [0.25, 0.3) is 0 Å². The first-order chi connectivity index (χ1) is 12.7. The molecule has 1 fully saturated rings. The summed E-state index contributed by atoms with van der Waals surface area (Å²) >= 11 is 0. The Labute approximate surface area is 153 Å². The fourth-order valence-electron chi connectivity index (χ4n) is 3.32. The van der Waals surface area contributed by atoms with E-state index in [0.29, 0.717) is 19.6 Å². The Morgan fingerprint density at radius 3 is 2.31 bits per heavy atom. The third-order valence-corrected chi connectivity index (χ3v) is 4.73. The maximum atomic E-state index is 12.7. The Morgan fingerprint density at radius 2 is 1.65 bits per heavy atom. The van der Waals surface area contributed by atoms with E-state index in [1.165, 1.54) is 0 Å². The number of rotatable bonds is 5. The van der Waals surface area contributed by atoms with Gasteiger partial charge in [-0.3, -0.25) is 4.79 Å². The summed E-state index contributed by atoms with van der Waals surface area (Å²) in [5, 5.41) is 0. The molecule has 0 aliphatic carbocycles. The van der Waals surface area contributed by atoms with Gasteiger partial charge in [-0.25, -0.2) is 4.79 Å². The molecule has 2 aromatic rings. The molecule has 0 bridgehead atoms. The molecule has 2 aromatic carbocycles. The van der Waals surface area contributed by atoms with Gasteiger partial charge in [0.1, 0.15) is 12.0 Å². The number of amides is 1. The molecule has 5 heteroatoms. The molecule has 0 N–H and O–H groups in total. The van der Waals surface area contributed by atoms with E-state index in [9.17, 15) is 9.59 Å². The Bertz CT molecular complexity index is 747. The second kappa shape index (κ2) is 8.04. The number of hydrogen-bond donors (Lipinski definition) is 0. The van der Waals surface area contributed by atoms with E-state index in [-0.39, 0.29) is 19.1 Å². The molecule has 1 heterocycles. The van der Waals surface area contributed by atoms with Gasteiger partial charge in [-0.1, -0.05) is 60.7 Å². The highest BCUT2D eigenvalue weighted by Crippen LogP contribution is 2.36. The van der Waals surface area contributed by atoms with Crippen molar-refractivity contribution in [1.29, 1.82) is 0 Å². The molecule has 1 saturated heterocycles. The van der Waals surface area contributed by atoms with Crippen molar-refractivity contribution in [3.05, 3.63) is 71.8 Å². The van der Waals surface area contributed by atoms with Crippen LogP contribution in [0.5, 0.6) is 0 Å². The summed E-state index contributed by atoms with van der Waals surface area (Å²) in [6.45, 7) is 3.04. The fourth-order valence-corrected chi connectivity index (χ4v) is 3.32. The quantitative estimate of drug-likeness (QED) is 0.772. The van der Waals surface area contributed by atoms with Crippen molar-refractivity contribution in [3.63, 3.8) is 0 Å². The lowest BCUT2D eigenvalue weighted by molar-refractivity contribution is -0.149. The van der Waals surface area contributed by atoms with E-state index in [1.54, 1.807) is 11.8 Å². The first kappa shape index (κ1) is 18.0. The molecule has 0 aromatic heterocycles. The van der Waals surface area contributed by atoms with Gasteiger partial charge in [0.05, 0.1) is 6.61 Å². The first-order valence-corrected chi connectivity index (χ1v) is 8.84. The van der Waals surface area contributed by atoms with Gasteiger partial charge < -0.3 is 14.4 Å². The highest BCUT2D eigenvalue weighted by molar-refractivity contribution is 5.85. The van der Waals surface area contributed by atoms with Crippen LogP contribution in [0.4, 0.5) is 4.79 Å². The smallest absolute Gasteiger partial charge is 0.410 e. The van der Waals surface area contributed by atoms with E-state index >= 15 is 0 Å². The Balaban J connectivity index is 1.72. The van der Waals surface area contributed by atoms with Gasteiger partial charge in [0.2, 0.25) is 0 Å². The second-order valence-corrected chi connectivity index (χ2v) is 6.38. The molecule has 0 spiro atoms. The fraction of sp³-hybridized carbons (Fsp3) is 0.333. The number of carbonyl (C=O) groups is 2. The number of ether oxygens (including phenoxy) is 2. The molecule has 0 saturated carbocycles. The first-order valence-electron chi connectivity index (χ1n) is 8.84. The zero-order valence-electron chi connectivity index (χ0n) is 14.9. The van der Waals surface area contributed by atoms with Gasteiger partial charge in [-0.05, 0) is 24.5 Å². The highest BCUT2D eigenvalue weighted by atomic mass is 16.6. The van der Waals surface area contributed by atoms with Crippen molar-refractivity contribution in [1.82, 2.24) is 4.90 Å². The number of carbonyl (C=O) groups excluding carboxylic acids is 2. The minimum atomic E-state index is -0.830. The molecular formula is C21H23NO4. The predicted octanol–water partition coefficient (Wildman–Crippen LogP) is 3.53. The normalized spacial score (nSPS) is 19.2. The van der Waals surface area contributed by atoms with Crippen molar-refractivity contribution >= 4 is 12.1 Å². The summed E-state index contributed by atoms with van der Waals surface area (Å²) in [6.07, 6.45) is 0.118. The lowest BCUT2D eigenvalue weighted by Crippen LogP contribution is -2.41. The summed E-state index contributed by atoms with van der Waals surface area (Å²) in [6, 6.07) is 19.1. The third-order valence-electron chi connectivity index (χ3n) is 4.73. The number of benzene rings is 2. The van der Waals surface area contributed by atoms with Crippen LogP contribution in [0.3, 0.4) is 0 Å². The van der Waals surface area contributed by atoms with E-state index in [0.717, 1.165) is 11.1 Å². The molecule has 26 heavy (non-hydrogen) atoms. The van der Waals surface area contributed by atoms with Crippen LogP contribution in [0, 0.1) is 0 Å². The van der Waals surface area contributed by atoms with Gasteiger partial charge in [0.25, 0.3) is 0 Å². The molecule has 0 unspecified atom stereocenters. The largest absolute Gasteiger partial charge is 0.465 e. The zero-order chi connectivity index (χ0) is 18.4. The van der Waals surface area contributed by atoms with E-state index in [2.05, 4.69) is 0 Å². The van der Waals surface area contributed by atoms with Crippen LogP contribution in [-0.4, -0.2) is 36.7 Å². The van der Waals surface area contributed by atoms with Gasteiger partial charge in [-0.2, -0.15) is 0 Å². The summed E-state index contributed by atoms with van der Waals surface area (Å²) in [7, 11) is 0. The van der Waals surface area contributed by atoms with Crippen molar-refractivity contribution in [2.45, 2.75) is 25.4 Å². The van der Waals surface area contributed by atoms with Crippen molar-refractivity contribution in [3.8, 4) is 0 Å². The Kier molecular flexibility index (Phi) is 5.56. The van der Waals surface area contributed by atoms with Crippen LogP contribution in [0.1, 0.15) is 24.5 Å². The van der Waals surface area contributed by atoms with Crippen LogP contribution < -0.4 is 0 Å². The standard InChI is InChI=1S/C21H23NO4/c1-2-25-19(23)21(18-11-7-4-8-12-18)13-14-22(16-21)20(24)26-15-17-9-5-3-6-10-17/h3-12H,2,13-16H2,1H3/t21-/m0/s1. The van der Waals surface area contributed by atoms with Crippen LogP contribution in [0.2, 0.25) is 0 Å². The van der Waals surface area contributed by atoms with Crippen molar-refractivity contribution < 1.29 is 19.1 Å². The van der Waals surface area contributed by atoms with Crippen LogP contribution in [-0.2, 0) is 26.3 Å². The summed E-state index contributed by atoms with van der Waals surface area (Å²) < 4.78 is 10.7. The highest BCUT2D eigenvalue weighted by Gasteiger charge is 2.49. The summed E-state index contributed by atoms with van der Waals surface area (Å²) in [5.41, 5.74) is 0.972. The molecular weight excluding hydrogens is 330 g/mol. The van der Waals surface area contributed by atoms with E-state index in [1.807, 2.05) is 60.7 Å². The summed E-state index contributed by atoms with van der Waals surface area (Å²) in [5.74, 6) is -0.287. The second-order valence-electron chi connectivity index (χ2n) is 6.38. The Morgan fingerprint density at radius 1 is 1.00 bits per heavy atom. The number of hydrogen-bond acceptors (Lipinski definition) is 4. The van der Waals surface area contributed by atoms with Gasteiger partial charge in [0, 0.05) is 13.1 Å². The molecule has 1 amide bonds. The molecule has 136 valence electrons. The van der Waals surface area contributed by atoms with Gasteiger partial charge in [-0.15, -0.1) is 0 Å². The average Bonchev–Trinajstić information content (AvgIpc) is 3.15. The molecule has 1 aliphatic rings. The topological polar surface area (TPSA) is 55.8 Å². The molecule has 3 rings (SSSR count). The predicted molar refractivity (Wildman–Crippen MR) is 97.6 cm³/mol. The summed E-state index contributed by atoms with van der Waals surface area (Å²) in [4.78, 5) is 26.8. The van der Waals surface area contributed by atoms with Crippen molar-refractivity contribution in [2.75, 3.05) is 19.7 Å². The maximum absolute atomic E-state index is 12.7. The van der Waals surface area contributed by atoms with E-state index in [4.69, 9.17) is 9.47 Å². The SMILES string of the molecule is CCOC(=O)[C@@]1(c2ccccc2)CCN(C(=O)OCc2ccccc2)C1. The van der Waals surface area contributed by atoms with E-state index < -0.39 is 11.5 Å². The van der Waals surface area contributed by atoms with Gasteiger partial charge >= 0.3 is 12.1 Å². The average molecular weight is 353 g/mol. The molecule has 1 atom stereocenters. The zero-order valence-corrected chi connectivity index (χ0v) is 14.9.